The first kappa shape index (κ1) is 17.2. The average molecular weight is 341 g/mol. The van der Waals surface area contributed by atoms with Crippen LogP contribution in [0, 0.1) is 5.41 Å². The highest BCUT2D eigenvalue weighted by Gasteiger charge is 2.42. The van der Waals surface area contributed by atoms with E-state index in [1.54, 1.807) is 31.3 Å². The Labute approximate surface area is 147 Å². The highest BCUT2D eigenvalue weighted by atomic mass is 16.2. The highest BCUT2D eigenvalue weighted by molar-refractivity contribution is 6.01. The molecular formula is C19H23N3O3. The lowest BCUT2D eigenvalue weighted by molar-refractivity contribution is -0.120. The second-order valence-electron chi connectivity index (χ2n) is 6.93. The summed E-state index contributed by atoms with van der Waals surface area (Å²) in [6.45, 7) is 5.45. The van der Waals surface area contributed by atoms with Crippen LogP contribution >= 0.6 is 0 Å². The summed E-state index contributed by atoms with van der Waals surface area (Å²) < 4.78 is 0. The predicted molar refractivity (Wildman–Crippen MR) is 95.2 cm³/mol. The van der Waals surface area contributed by atoms with Crippen molar-refractivity contribution in [1.29, 1.82) is 0 Å². The van der Waals surface area contributed by atoms with E-state index < -0.39 is 0 Å². The molecule has 2 saturated heterocycles. The number of piperidine rings is 1. The fourth-order valence-electron chi connectivity index (χ4n) is 3.70. The number of likely N-dealkylation sites (N-methyl/N-ethyl adjacent to an activating group) is 1. The van der Waals surface area contributed by atoms with Gasteiger partial charge in [-0.1, -0.05) is 6.58 Å². The van der Waals surface area contributed by atoms with Gasteiger partial charge in [0.25, 0.3) is 5.91 Å². The lowest BCUT2D eigenvalue weighted by Gasteiger charge is -2.39. The summed E-state index contributed by atoms with van der Waals surface area (Å²) in [5, 5.41) is 2.89. The summed E-state index contributed by atoms with van der Waals surface area (Å²) in [6, 6.07) is 7.00. The maximum Gasteiger partial charge on any atom is 0.253 e. The van der Waals surface area contributed by atoms with Crippen molar-refractivity contribution in [2.45, 2.75) is 19.3 Å². The van der Waals surface area contributed by atoms with E-state index in [2.05, 4.69) is 11.9 Å². The maximum absolute atomic E-state index is 12.8. The smallest absolute Gasteiger partial charge is 0.253 e. The second-order valence-corrected chi connectivity index (χ2v) is 6.93. The summed E-state index contributed by atoms with van der Waals surface area (Å²) >= 11 is 0. The minimum absolute atomic E-state index is 0.0253. The van der Waals surface area contributed by atoms with E-state index in [1.807, 2.05) is 4.90 Å². The summed E-state index contributed by atoms with van der Waals surface area (Å²) in [5.74, 6) is -0.147. The van der Waals surface area contributed by atoms with Crippen LogP contribution in [0.15, 0.2) is 36.9 Å². The second kappa shape index (κ2) is 6.70. The minimum Gasteiger partial charge on any atom is -0.355 e. The van der Waals surface area contributed by atoms with Gasteiger partial charge in [-0.05, 0) is 43.2 Å². The molecule has 3 amide bonds. The van der Waals surface area contributed by atoms with Crippen molar-refractivity contribution >= 4 is 23.4 Å². The number of carbonyl (C=O) groups is 3. The van der Waals surface area contributed by atoms with Crippen molar-refractivity contribution in [3.8, 4) is 0 Å². The summed E-state index contributed by atoms with van der Waals surface area (Å²) in [6.07, 6.45) is 3.64. The average Bonchev–Trinajstić information content (AvgIpc) is 2.99. The van der Waals surface area contributed by atoms with Gasteiger partial charge in [0.2, 0.25) is 11.8 Å². The van der Waals surface area contributed by atoms with E-state index in [9.17, 15) is 14.4 Å². The van der Waals surface area contributed by atoms with Crippen molar-refractivity contribution in [2.24, 2.45) is 5.41 Å². The van der Waals surface area contributed by atoms with Gasteiger partial charge in [-0.3, -0.25) is 14.4 Å². The highest BCUT2D eigenvalue weighted by Crippen LogP contribution is 2.36. The number of nitrogens with one attached hydrogen (secondary N) is 1. The zero-order valence-corrected chi connectivity index (χ0v) is 14.5. The van der Waals surface area contributed by atoms with Gasteiger partial charge in [0, 0.05) is 49.8 Å². The number of nitrogens with zero attached hydrogens (tertiary/aromatic N) is 2. The zero-order chi connectivity index (χ0) is 18.0. The molecule has 2 heterocycles. The Hall–Kier alpha value is -2.63. The first-order valence-corrected chi connectivity index (χ1v) is 8.50. The molecule has 6 nitrogen and oxygen atoms in total. The molecule has 2 aliphatic rings. The van der Waals surface area contributed by atoms with E-state index in [1.165, 1.54) is 11.0 Å². The quantitative estimate of drug-likeness (QED) is 0.849. The van der Waals surface area contributed by atoms with E-state index in [0.717, 1.165) is 12.8 Å². The molecule has 0 aliphatic carbocycles. The topological polar surface area (TPSA) is 69.7 Å². The number of rotatable bonds is 3. The van der Waals surface area contributed by atoms with Gasteiger partial charge < -0.3 is 15.1 Å². The van der Waals surface area contributed by atoms with Crippen LogP contribution in [0.3, 0.4) is 0 Å². The zero-order valence-electron chi connectivity index (χ0n) is 14.5. The Kier molecular flexibility index (Phi) is 4.61. The molecule has 2 fully saturated rings. The predicted octanol–water partition coefficient (Wildman–Crippen LogP) is 1.58. The molecule has 1 aromatic carbocycles. The van der Waals surface area contributed by atoms with E-state index in [0.29, 0.717) is 37.3 Å². The summed E-state index contributed by atoms with van der Waals surface area (Å²) in [5.41, 5.74) is 1.20. The Bertz CT molecular complexity index is 713. The van der Waals surface area contributed by atoms with Gasteiger partial charge in [0.05, 0.1) is 0 Å². The van der Waals surface area contributed by atoms with Crippen molar-refractivity contribution in [2.75, 3.05) is 31.6 Å². The van der Waals surface area contributed by atoms with Gasteiger partial charge in [-0.15, -0.1) is 0 Å². The van der Waals surface area contributed by atoms with Crippen molar-refractivity contribution in [3.63, 3.8) is 0 Å². The van der Waals surface area contributed by atoms with Crippen LogP contribution < -0.4 is 10.2 Å². The third-order valence-corrected chi connectivity index (χ3v) is 5.15. The molecule has 3 rings (SSSR count). The fourth-order valence-corrected chi connectivity index (χ4v) is 3.70. The molecule has 1 unspecified atom stereocenters. The van der Waals surface area contributed by atoms with Crippen LogP contribution in [0.4, 0.5) is 5.69 Å². The van der Waals surface area contributed by atoms with Gasteiger partial charge in [-0.2, -0.15) is 0 Å². The van der Waals surface area contributed by atoms with E-state index in [4.69, 9.17) is 0 Å². The van der Waals surface area contributed by atoms with Crippen LogP contribution in [-0.4, -0.2) is 49.3 Å². The number of carbonyl (C=O) groups excluding carboxylic acids is 3. The number of hydrogen-bond acceptors (Lipinski definition) is 3. The number of anilines is 1. The minimum atomic E-state index is -0.199. The Morgan fingerprint density at radius 2 is 2.04 bits per heavy atom. The van der Waals surface area contributed by atoms with Crippen LogP contribution in [-0.2, 0) is 9.59 Å². The summed E-state index contributed by atoms with van der Waals surface area (Å²) in [4.78, 5) is 39.4. The first-order chi connectivity index (χ1) is 11.9. The third-order valence-electron chi connectivity index (χ3n) is 5.15. The van der Waals surface area contributed by atoms with Crippen LogP contribution in [0.25, 0.3) is 0 Å². The lowest BCUT2D eigenvalue weighted by atomic mass is 9.79. The Balaban J connectivity index is 1.71. The molecule has 1 aromatic rings. The summed E-state index contributed by atoms with van der Waals surface area (Å²) in [7, 11) is 1.67. The SMILES string of the molecule is C=CC(=O)N(C)c1ccc(C(=O)N2CCCC3(CNC(=O)C3)C2)cc1. The number of benzene rings is 1. The normalized spacial score (nSPS) is 22.6. The number of amides is 3. The molecule has 1 atom stereocenters. The Morgan fingerprint density at radius 1 is 1.32 bits per heavy atom. The maximum atomic E-state index is 12.8. The molecule has 1 spiro atoms. The van der Waals surface area contributed by atoms with E-state index in [-0.39, 0.29) is 23.1 Å². The number of likely N-dealkylation sites (tertiary alicyclic amines) is 1. The molecule has 0 aromatic heterocycles. The molecule has 132 valence electrons. The van der Waals surface area contributed by atoms with Gasteiger partial charge >= 0.3 is 0 Å². The molecule has 25 heavy (non-hydrogen) atoms. The molecule has 0 radical (unpaired) electrons. The van der Waals surface area contributed by atoms with E-state index >= 15 is 0 Å². The van der Waals surface area contributed by atoms with Crippen LogP contribution in [0.1, 0.15) is 29.6 Å². The molecule has 6 heteroatoms. The number of hydrogen-bond donors (Lipinski definition) is 1. The third kappa shape index (κ3) is 3.43. The lowest BCUT2D eigenvalue weighted by Crippen LogP contribution is -2.47. The van der Waals surface area contributed by atoms with Crippen molar-refractivity contribution < 1.29 is 14.4 Å². The van der Waals surface area contributed by atoms with Gasteiger partial charge in [-0.25, -0.2) is 0 Å². The standard InChI is InChI=1S/C19H23N3O3/c1-3-17(24)21(2)15-7-5-14(6-8-15)18(25)22-10-4-9-19(13-22)11-16(23)20-12-19/h3,5-8H,1,4,9-13H2,2H3,(H,20,23). The van der Waals surface area contributed by atoms with Crippen molar-refractivity contribution in [3.05, 3.63) is 42.5 Å². The van der Waals surface area contributed by atoms with Gasteiger partial charge in [0.1, 0.15) is 0 Å². The molecular weight excluding hydrogens is 318 g/mol. The van der Waals surface area contributed by atoms with Crippen LogP contribution in [0.2, 0.25) is 0 Å². The fraction of sp³-hybridized carbons (Fsp3) is 0.421. The van der Waals surface area contributed by atoms with Crippen LogP contribution in [0.5, 0.6) is 0 Å². The molecule has 1 N–H and O–H groups in total. The molecule has 2 aliphatic heterocycles. The molecule has 0 saturated carbocycles. The van der Waals surface area contributed by atoms with Gasteiger partial charge in [0.15, 0.2) is 0 Å². The molecule has 0 bridgehead atoms. The monoisotopic (exact) mass is 341 g/mol. The largest absolute Gasteiger partial charge is 0.355 e. The first-order valence-electron chi connectivity index (χ1n) is 8.50. The van der Waals surface area contributed by atoms with Crippen molar-refractivity contribution in [1.82, 2.24) is 10.2 Å². The Morgan fingerprint density at radius 3 is 2.64 bits per heavy atom.